The number of hydrogen-bond acceptors (Lipinski definition) is 5. The van der Waals surface area contributed by atoms with Gasteiger partial charge in [0.25, 0.3) is 0 Å². The molecule has 0 fully saturated rings. The summed E-state index contributed by atoms with van der Waals surface area (Å²) >= 11 is 1.32. The Morgan fingerprint density at radius 2 is 1.73 bits per heavy atom. The zero-order valence-electron chi connectivity index (χ0n) is 17.2. The maximum atomic E-state index is 12.4. The van der Waals surface area contributed by atoms with Crippen molar-refractivity contribution in [3.63, 3.8) is 0 Å². The van der Waals surface area contributed by atoms with E-state index >= 15 is 0 Å². The lowest BCUT2D eigenvalue weighted by Gasteiger charge is -2.07. The molecule has 2 heterocycles. The predicted octanol–water partition coefficient (Wildman–Crippen LogP) is 4.70. The molecule has 0 atom stereocenters. The summed E-state index contributed by atoms with van der Waals surface area (Å²) in [6.45, 7) is 6.16. The minimum Gasteiger partial charge on any atom is -0.325 e. The summed E-state index contributed by atoms with van der Waals surface area (Å²) in [7, 11) is 0. The van der Waals surface area contributed by atoms with Crippen molar-refractivity contribution in [1.82, 2.24) is 19.8 Å². The maximum absolute atomic E-state index is 12.4. The van der Waals surface area contributed by atoms with Crippen molar-refractivity contribution in [2.45, 2.75) is 32.3 Å². The number of aromatic nitrogens is 4. The molecule has 0 aliphatic heterocycles. The van der Waals surface area contributed by atoms with Crippen LogP contribution in [0.2, 0.25) is 0 Å². The lowest BCUT2D eigenvalue weighted by Crippen LogP contribution is -2.14. The third kappa shape index (κ3) is 4.52. The van der Waals surface area contributed by atoms with E-state index in [1.54, 1.807) is 4.52 Å². The first-order valence-electron chi connectivity index (χ1n) is 9.84. The molecule has 7 heteroatoms. The molecule has 2 aromatic heterocycles. The number of aryl methyl sites for hydroxylation is 3. The lowest BCUT2D eigenvalue weighted by atomic mass is 10.1. The van der Waals surface area contributed by atoms with Crippen LogP contribution in [-0.4, -0.2) is 31.5 Å². The van der Waals surface area contributed by atoms with Crippen LogP contribution in [0, 0.1) is 13.8 Å². The number of rotatable bonds is 6. The van der Waals surface area contributed by atoms with E-state index in [-0.39, 0.29) is 11.7 Å². The lowest BCUT2D eigenvalue weighted by molar-refractivity contribution is -0.113. The molecule has 0 bridgehead atoms. The number of nitrogens with zero attached hydrogens (tertiary/aromatic N) is 4. The first kappa shape index (κ1) is 20.1. The van der Waals surface area contributed by atoms with E-state index < -0.39 is 0 Å². The van der Waals surface area contributed by atoms with Gasteiger partial charge in [-0.3, -0.25) is 4.79 Å². The molecule has 0 unspecified atom stereocenters. The molecule has 6 nitrogen and oxygen atoms in total. The number of nitrogens with one attached hydrogen (secondary N) is 1. The van der Waals surface area contributed by atoms with Crippen molar-refractivity contribution < 1.29 is 4.79 Å². The van der Waals surface area contributed by atoms with Crippen molar-refractivity contribution in [1.29, 1.82) is 0 Å². The van der Waals surface area contributed by atoms with E-state index in [2.05, 4.69) is 57.9 Å². The van der Waals surface area contributed by atoms with Gasteiger partial charge in [0.05, 0.1) is 11.4 Å². The summed E-state index contributed by atoms with van der Waals surface area (Å²) in [4.78, 5) is 12.4. The molecular weight excluding hydrogens is 394 g/mol. The average Bonchev–Trinajstić information content (AvgIpc) is 3.14. The minimum atomic E-state index is -0.0898. The Morgan fingerprint density at radius 3 is 2.43 bits per heavy atom. The summed E-state index contributed by atoms with van der Waals surface area (Å²) < 4.78 is 1.69. The highest BCUT2D eigenvalue weighted by molar-refractivity contribution is 7.99. The molecule has 152 valence electrons. The van der Waals surface area contributed by atoms with Gasteiger partial charge in [-0.15, -0.1) is 10.2 Å². The van der Waals surface area contributed by atoms with Gasteiger partial charge in [-0.2, -0.15) is 9.61 Å². The maximum Gasteiger partial charge on any atom is 0.234 e. The molecule has 1 N–H and O–H groups in total. The van der Waals surface area contributed by atoms with Gasteiger partial charge < -0.3 is 5.32 Å². The summed E-state index contributed by atoms with van der Waals surface area (Å²) in [5.41, 5.74) is 6.85. The molecule has 0 saturated carbocycles. The number of hydrogen-bond donors (Lipinski definition) is 1. The topological polar surface area (TPSA) is 72.2 Å². The third-order valence-electron chi connectivity index (χ3n) is 4.73. The number of amides is 1. The molecule has 0 spiro atoms. The Morgan fingerprint density at radius 1 is 1.00 bits per heavy atom. The van der Waals surface area contributed by atoms with Crippen molar-refractivity contribution >= 4 is 29.0 Å². The second kappa shape index (κ2) is 8.67. The molecule has 30 heavy (non-hydrogen) atoms. The van der Waals surface area contributed by atoms with Crippen molar-refractivity contribution in [3.05, 3.63) is 71.3 Å². The zero-order chi connectivity index (χ0) is 21.1. The van der Waals surface area contributed by atoms with Crippen LogP contribution in [0.1, 0.15) is 23.6 Å². The monoisotopic (exact) mass is 417 g/mol. The second-order valence-electron chi connectivity index (χ2n) is 7.23. The SMILES string of the molecule is CCc1ccc(-c2ccc3nnc(SCC(=O)Nc4cc(C)cc(C)c4)n3n2)cc1. The van der Waals surface area contributed by atoms with Crippen molar-refractivity contribution in [2.24, 2.45) is 0 Å². The van der Waals surface area contributed by atoms with E-state index in [9.17, 15) is 4.79 Å². The zero-order valence-corrected chi connectivity index (χ0v) is 18.0. The largest absolute Gasteiger partial charge is 0.325 e. The normalized spacial score (nSPS) is 11.0. The Balaban J connectivity index is 1.49. The van der Waals surface area contributed by atoms with E-state index in [1.165, 1.54) is 17.3 Å². The van der Waals surface area contributed by atoms with Crippen LogP contribution in [-0.2, 0) is 11.2 Å². The van der Waals surface area contributed by atoms with Gasteiger partial charge in [0.15, 0.2) is 5.65 Å². The summed E-state index contributed by atoms with van der Waals surface area (Å²) in [5, 5.41) is 16.6. The highest BCUT2D eigenvalue weighted by Gasteiger charge is 2.12. The Hall–Kier alpha value is -3.19. The molecule has 2 aromatic carbocycles. The quantitative estimate of drug-likeness (QED) is 0.460. The molecule has 4 aromatic rings. The van der Waals surface area contributed by atoms with Crippen molar-refractivity contribution in [3.8, 4) is 11.3 Å². The van der Waals surface area contributed by atoms with Crippen LogP contribution in [0.4, 0.5) is 5.69 Å². The van der Waals surface area contributed by atoms with Crippen LogP contribution in [0.5, 0.6) is 0 Å². The second-order valence-corrected chi connectivity index (χ2v) is 8.18. The molecular formula is C23H23N5OS. The van der Waals surface area contributed by atoms with Crippen LogP contribution in [0.3, 0.4) is 0 Å². The molecule has 0 radical (unpaired) electrons. The van der Waals surface area contributed by atoms with Gasteiger partial charge in [0.2, 0.25) is 11.1 Å². The molecule has 4 rings (SSSR count). The first-order valence-corrected chi connectivity index (χ1v) is 10.8. The fourth-order valence-corrected chi connectivity index (χ4v) is 3.99. The highest BCUT2D eigenvalue weighted by Crippen LogP contribution is 2.22. The molecule has 0 aliphatic rings. The number of carbonyl (C=O) groups excluding carboxylic acids is 1. The molecule has 0 aliphatic carbocycles. The van der Waals surface area contributed by atoms with Crippen LogP contribution in [0.15, 0.2) is 59.8 Å². The Labute approximate surface area is 179 Å². The van der Waals surface area contributed by atoms with E-state index in [0.717, 1.165) is 34.5 Å². The number of fused-ring (bicyclic) bond motifs is 1. The van der Waals surface area contributed by atoms with Gasteiger partial charge in [-0.25, -0.2) is 0 Å². The first-order chi connectivity index (χ1) is 14.5. The summed E-state index contributed by atoms with van der Waals surface area (Å²) in [6.07, 6.45) is 1.00. The standard InChI is InChI=1S/C23H23N5OS/c1-4-17-5-7-18(8-6-17)20-9-10-21-25-26-23(28(21)27-20)30-14-22(29)24-19-12-15(2)11-16(3)13-19/h5-13H,4,14H2,1-3H3,(H,24,29). The van der Waals surface area contributed by atoms with Gasteiger partial charge in [0.1, 0.15) is 0 Å². The fourth-order valence-electron chi connectivity index (χ4n) is 3.30. The molecule has 1 amide bonds. The van der Waals surface area contributed by atoms with E-state index in [4.69, 9.17) is 0 Å². The van der Waals surface area contributed by atoms with E-state index in [1.807, 2.05) is 38.1 Å². The van der Waals surface area contributed by atoms with Crippen molar-refractivity contribution in [2.75, 3.05) is 11.1 Å². The third-order valence-corrected chi connectivity index (χ3v) is 5.65. The highest BCUT2D eigenvalue weighted by atomic mass is 32.2. The van der Waals surface area contributed by atoms with Crippen LogP contribution < -0.4 is 5.32 Å². The Kier molecular flexibility index (Phi) is 5.81. The molecule has 0 saturated heterocycles. The minimum absolute atomic E-state index is 0.0898. The number of anilines is 1. The van der Waals surface area contributed by atoms with Gasteiger partial charge in [-0.1, -0.05) is 49.0 Å². The van der Waals surface area contributed by atoms with Gasteiger partial charge in [-0.05, 0) is 61.2 Å². The number of carbonyl (C=O) groups is 1. The van der Waals surface area contributed by atoms with Gasteiger partial charge in [0, 0.05) is 11.3 Å². The van der Waals surface area contributed by atoms with Gasteiger partial charge >= 0.3 is 0 Å². The summed E-state index contributed by atoms with van der Waals surface area (Å²) in [6, 6.07) is 18.2. The summed E-state index contributed by atoms with van der Waals surface area (Å²) in [5.74, 6) is 0.137. The van der Waals surface area contributed by atoms with E-state index in [0.29, 0.717) is 10.8 Å². The van der Waals surface area contributed by atoms with Crippen LogP contribution in [0.25, 0.3) is 16.9 Å². The smallest absolute Gasteiger partial charge is 0.234 e. The fraction of sp³-hybridized carbons (Fsp3) is 0.217. The average molecular weight is 418 g/mol. The number of benzene rings is 2. The van der Waals surface area contributed by atoms with Crippen LogP contribution >= 0.6 is 11.8 Å². The number of thioether (sulfide) groups is 1. The predicted molar refractivity (Wildman–Crippen MR) is 121 cm³/mol. The Bertz CT molecular complexity index is 1180.